The van der Waals surface area contributed by atoms with Crippen LogP contribution in [-0.4, -0.2) is 18.9 Å². The average molecular weight is 139 g/mol. The van der Waals surface area contributed by atoms with Gasteiger partial charge in [0.1, 0.15) is 6.29 Å². The summed E-state index contributed by atoms with van der Waals surface area (Å²) in [7, 11) is 0. The molecule has 1 N–H and O–H groups in total. The fourth-order valence-corrected chi connectivity index (χ4v) is 0.625. The Balaban J connectivity index is 3.41. The van der Waals surface area contributed by atoms with Crippen LogP contribution in [0, 0.1) is 12.3 Å². The van der Waals surface area contributed by atoms with Crippen LogP contribution >= 0.6 is 0 Å². The molecule has 56 valence electrons. The third kappa shape index (κ3) is 4.11. The molecule has 0 fully saturated rings. The van der Waals surface area contributed by atoms with Gasteiger partial charge in [0, 0.05) is 6.42 Å². The van der Waals surface area contributed by atoms with Crippen molar-refractivity contribution in [1.29, 1.82) is 0 Å². The number of carbonyl (C=O) groups is 1. The number of hydrogen-bond donors (Lipinski definition) is 1. The summed E-state index contributed by atoms with van der Waals surface area (Å²) in [5.41, 5.74) is 0. The quantitative estimate of drug-likeness (QED) is 0.446. The van der Waals surface area contributed by atoms with E-state index in [0.717, 1.165) is 19.3 Å². The summed E-state index contributed by atoms with van der Waals surface area (Å²) in [5.74, 6) is 2.43. The number of carbonyl (C=O) groups excluding carboxylic acids is 1. The first kappa shape index (κ1) is 9.19. The van der Waals surface area contributed by atoms with Gasteiger partial charge >= 0.3 is 0 Å². The highest BCUT2D eigenvalue weighted by Crippen LogP contribution is 1.85. The lowest BCUT2D eigenvalue weighted by atomic mass is 10.2. The zero-order valence-electron chi connectivity index (χ0n) is 6.26. The highest BCUT2D eigenvalue weighted by atomic mass is 16.1. The van der Waals surface area contributed by atoms with E-state index in [4.69, 9.17) is 6.42 Å². The maximum Gasteiger partial charge on any atom is 0.137 e. The van der Waals surface area contributed by atoms with E-state index >= 15 is 0 Å². The standard InChI is InChI=1S/C8H13NO/c1-3-5-8(7-10)9-6-4-2/h1,7-9H,4-6H2,2H3. The van der Waals surface area contributed by atoms with Crippen molar-refractivity contribution in [2.75, 3.05) is 6.54 Å². The molecular weight excluding hydrogens is 126 g/mol. The maximum atomic E-state index is 10.2. The molecule has 0 bridgehead atoms. The maximum absolute atomic E-state index is 10.2. The van der Waals surface area contributed by atoms with E-state index in [9.17, 15) is 4.79 Å². The lowest BCUT2D eigenvalue weighted by Crippen LogP contribution is -2.30. The summed E-state index contributed by atoms with van der Waals surface area (Å²) in [5, 5.41) is 3.01. The molecule has 0 rings (SSSR count). The van der Waals surface area contributed by atoms with E-state index in [2.05, 4.69) is 11.2 Å². The van der Waals surface area contributed by atoms with E-state index in [-0.39, 0.29) is 6.04 Å². The van der Waals surface area contributed by atoms with Crippen LogP contribution in [0.3, 0.4) is 0 Å². The second-order valence-corrected chi connectivity index (χ2v) is 2.10. The van der Waals surface area contributed by atoms with Crippen molar-refractivity contribution < 1.29 is 4.79 Å². The third-order valence-electron chi connectivity index (χ3n) is 1.16. The molecule has 0 spiro atoms. The minimum atomic E-state index is -0.148. The van der Waals surface area contributed by atoms with Gasteiger partial charge in [-0.25, -0.2) is 0 Å². The Morgan fingerprint density at radius 1 is 1.80 bits per heavy atom. The lowest BCUT2D eigenvalue weighted by Gasteiger charge is -2.06. The van der Waals surface area contributed by atoms with Crippen molar-refractivity contribution in [3.05, 3.63) is 0 Å². The molecule has 2 nitrogen and oxygen atoms in total. The largest absolute Gasteiger partial charge is 0.307 e. The fraction of sp³-hybridized carbons (Fsp3) is 0.625. The first-order chi connectivity index (χ1) is 4.85. The lowest BCUT2D eigenvalue weighted by molar-refractivity contribution is -0.109. The Morgan fingerprint density at radius 2 is 2.50 bits per heavy atom. The predicted molar refractivity (Wildman–Crippen MR) is 41.6 cm³/mol. The monoisotopic (exact) mass is 139 g/mol. The van der Waals surface area contributed by atoms with Gasteiger partial charge in [0.25, 0.3) is 0 Å². The molecule has 0 aliphatic rings. The zero-order chi connectivity index (χ0) is 7.82. The summed E-state index contributed by atoms with van der Waals surface area (Å²) in [4.78, 5) is 10.2. The molecule has 0 aliphatic carbocycles. The molecule has 0 amide bonds. The predicted octanol–water partition coefficient (Wildman–Crippen LogP) is 0.577. The van der Waals surface area contributed by atoms with Crippen LogP contribution in [0.4, 0.5) is 0 Å². The second kappa shape index (κ2) is 6.31. The molecule has 0 aromatic heterocycles. The fourth-order valence-electron chi connectivity index (χ4n) is 0.625. The minimum Gasteiger partial charge on any atom is -0.307 e. The molecule has 0 aromatic rings. The van der Waals surface area contributed by atoms with E-state index < -0.39 is 0 Å². The van der Waals surface area contributed by atoms with Crippen LogP contribution in [-0.2, 0) is 4.79 Å². The Bertz CT molecular complexity index is 126. The van der Waals surface area contributed by atoms with E-state index in [1.165, 1.54) is 0 Å². The van der Waals surface area contributed by atoms with Gasteiger partial charge < -0.3 is 10.1 Å². The number of nitrogens with one attached hydrogen (secondary N) is 1. The highest BCUT2D eigenvalue weighted by molar-refractivity contribution is 5.58. The highest BCUT2D eigenvalue weighted by Gasteiger charge is 2.01. The van der Waals surface area contributed by atoms with Gasteiger partial charge in [-0.05, 0) is 13.0 Å². The van der Waals surface area contributed by atoms with Gasteiger partial charge in [0.2, 0.25) is 0 Å². The van der Waals surface area contributed by atoms with Crippen LogP contribution < -0.4 is 5.32 Å². The number of aldehydes is 1. The number of hydrogen-bond acceptors (Lipinski definition) is 2. The van der Waals surface area contributed by atoms with Gasteiger partial charge in [-0.2, -0.15) is 0 Å². The molecule has 1 atom stereocenters. The Morgan fingerprint density at radius 3 is 2.90 bits per heavy atom. The molecule has 0 radical (unpaired) electrons. The Labute approximate surface area is 62.0 Å². The summed E-state index contributed by atoms with van der Waals surface area (Å²) in [6.07, 6.45) is 7.40. The van der Waals surface area contributed by atoms with E-state index in [0.29, 0.717) is 6.42 Å². The molecule has 10 heavy (non-hydrogen) atoms. The van der Waals surface area contributed by atoms with Gasteiger partial charge in [-0.15, -0.1) is 12.3 Å². The Hall–Kier alpha value is -0.810. The third-order valence-corrected chi connectivity index (χ3v) is 1.16. The van der Waals surface area contributed by atoms with Gasteiger partial charge in [-0.3, -0.25) is 0 Å². The van der Waals surface area contributed by atoms with Gasteiger partial charge in [-0.1, -0.05) is 6.92 Å². The molecular formula is C8H13NO. The van der Waals surface area contributed by atoms with Crippen molar-refractivity contribution in [3.63, 3.8) is 0 Å². The summed E-state index contributed by atoms with van der Waals surface area (Å²) >= 11 is 0. The smallest absolute Gasteiger partial charge is 0.137 e. The molecule has 1 unspecified atom stereocenters. The van der Waals surface area contributed by atoms with Crippen molar-refractivity contribution in [1.82, 2.24) is 5.32 Å². The average Bonchev–Trinajstić information content (AvgIpc) is 1.98. The molecule has 2 heteroatoms. The summed E-state index contributed by atoms with van der Waals surface area (Å²) < 4.78 is 0. The van der Waals surface area contributed by atoms with E-state index in [1.807, 2.05) is 6.92 Å². The van der Waals surface area contributed by atoms with Crippen molar-refractivity contribution in [3.8, 4) is 12.3 Å². The van der Waals surface area contributed by atoms with Crippen molar-refractivity contribution >= 4 is 6.29 Å². The first-order valence-electron chi connectivity index (χ1n) is 3.47. The Kier molecular flexibility index (Phi) is 5.80. The van der Waals surface area contributed by atoms with Crippen molar-refractivity contribution in [2.45, 2.75) is 25.8 Å². The molecule has 0 saturated heterocycles. The van der Waals surface area contributed by atoms with Crippen LogP contribution in [0.5, 0.6) is 0 Å². The zero-order valence-corrected chi connectivity index (χ0v) is 6.26. The molecule has 0 aliphatic heterocycles. The van der Waals surface area contributed by atoms with Crippen LogP contribution in [0.25, 0.3) is 0 Å². The van der Waals surface area contributed by atoms with Crippen LogP contribution in [0.15, 0.2) is 0 Å². The normalized spacial score (nSPS) is 12.0. The van der Waals surface area contributed by atoms with Gasteiger partial charge in [0.15, 0.2) is 0 Å². The molecule has 0 heterocycles. The van der Waals surface area contributed by atoms with Crippen LogP contribution in [0.1, 0.15) is 19.8 Å². The van der Waals surface area contributed by atoms with E-state index in [1.54, 1.807) is 0 Å². The second-order valence-electron chi connectivity index (χ2n) is 2.10. The number of rotatable bonds is 5. The first-order valence-corrected chi connectivity index (χ1v) is 3.47. The molecule has 0 aromatic carbocycles. The summed E-state index contributed by atoms with van der Waals surface area (Å²) in [6.45, 7) is 2.90. The number of terminal acetylenes is 1. The van der Waals surface area contributed by atoms with Crippen LogP contribution in [0.2, 0.25) is 0 Å². The minimum absolute atomic E-state index is 0.148. The van der Waals surface area contributed by atoms with Crippen molar-refractivity contribution in [2.24, 2.45) is 0 Å². The topological polar surface area (TPSA) is 29.1 Å². The molecule has 0 saturated carbocycles. The SMILES string of the molecule is C#CCC(C=O)NCCC. The van der Waals surface area contributed by atoms with Gasteiger partial charge in [0.05, 0.1) is 6.04 Å². The summed E-state index contributed by atoms with van der Waals surface area (Å²) in [6, 6.07) is -0.148.